The average Bonchev–Trinajstić information content (AvgIpc) is 3.17. The lowest BCUT2D eigenvalue weighted by molar-refractivity contribution is 0.222. The van der Waals surface area contributed by atoms with Crippen LogP contribution in [0, 0.1) is 12.7 Å². The molecular weight excluding hydrogens is 443 g/mol. The summed E-state index contributed by atoms with van der Waals surface area (Å²) in [6.45, 7) is 5.58. The first-order valence-electron chi connectivity index (χ1n) is 10.3. The number of sulfonamides is 1. The lowest BCUT2D eigenvalue weighted by Gasteiger charge is -2.10. The fraction of sp³-hybridized carbons (Fsp3) is 0.167. The van der Waals surface area contributed by atoms with Crippen molar-refractivity contribution in [3.05, 3.63) is 84.2 Å². The van der Waals surface area contributed by atoms with Crippen molar-refractivity contribution in [2.45, 2.75) is 31.8 Å². The van der Waals surface area contributed by atoms with Crippen LogP contribution in [0.2, 0.25) is 0 Å². The van der Waals surface area contributed by atoms with Crippen LogP contribution in [-0.4, -0.2) is 29.3 Å². The van der Waals surface area contributed by atoms with Gasteiger partial charge in [0.1, 0.15) is 5.82 Å². The van der Waals surface area contributed by atoms with E-state index in [1.807, 2.05) is 20.8 Å². The molecule has 0 amide bonds. The van der Waals surface area contributed by atoms with Crippen LogP contribution in [0.25, 0.3) is 17.1 Å². The highest BCUT2D eigenvalue weighted by atomic mass is 32.2. The summed E-state index contributed by atoms with van der Waals surface area (Å²) in [6.07, 6.45) is -0.159. The summed E-state index contributed by atoms with van der Waals surface area (Å²) in [6, 6.07) is 19.5. The topological polar surface area (TPSA) is 86.1 Å². The van der Waals surface area contributed by atoms with E-state index in [4.69, 9.17) is 4.74 Å². The summed E-state index contributed by atoms with van der Waals surface area (Å²) < 4.78 is 49.4. The van der Waals surface area contributed by atoms with Crippen molar-refractivity contribution in [2.75, 3.05) is 4.72 Å². The van der Waals surface area contributed by atoms with E-state index >= 15 is 0 Å². The van der Waals surface area contributed by atoms with Crippen LogP contribution < -0.4 is 9.46 Å². The van der Waals surface area contributed by atoms with Crippen molar-refractivity contribution in [3.63, 3.8) is 0 Å². The van der Waals surface area contributed by atoms with Gasteiger partial charge in [0.15, 0.2) is 5.82 Å². The fourth-order valence-corrected chi connectivity index (χ4v) is 4.21. The van der Waals surface area contributed by atoms with Crippen LogP contribution in [0.15, 0.2) is 77.7 Å². The molecule has 4 rings (SSSR count). The van der Waals surface area contributed by atoms with Crippen molar-refractivity contribution in [1.82, 2.24) is 14.8 Å². The number of nitrogens with zero attached hydrogens (tertiary/aromatic N) is 3. The number of aryl methyl sites for hydroxylation is 1. The molecule has 0 aliphatic rings. The van der Waals surface area contributed by atoms with E-state index in [1.54, 1.807) is 66.7 Å². The normalized spacial score (nSPS) is 11.5. The van der Waals surface area contributed by atoms with E-state index in [1.165, 1.54) is 10.7 Å². The molecule has 33 heavy (non-hydrogen) atoms. The molecule has 4 aromatic rings. The van der Waals surface area contributed by atoms with E-state index in [0.717, 1.165) is 5.56 Å². The van der Waals surface area contributed by atoms with Gasteiger partial charge in [0.2, 0.25) is 0 Å². The first kappa shape index (κ1) is 22.5. The van der Waals surface area contributed by atoms with Gasteiger partial charge in [0.25, 0.3) is 10.0 Å². The Kier molecular flexibility index (Phi) is 6.15. The van der Waals surface area contributed by atoms with Crippen molar-refractivity contribution >= 4 is 15.7 Å². The molecule has 1 aromatic heterocycles. The standard InChI is InChI=1S/C24H23FN4O3S/c1-16(2)32-24-26-23(21-6-4-5-7-22(21)25)29(27-24)19-12-10-18(11-13-19)28-33(30,31)20-14-8-17(3)9-15-20/h4-16,28H,1-3H3. The molecule has 0 saturated heterocycles. The molecule has 0 saturated carbocycles. The minimum atomic E-state index is -3.73. The number of ether oxygens (including phenoxy) is 1. The number of rotatable bonds is 7. The van der Waals surface area contributed by atoms with Crippen molar-refractivity contribution in [3.8, 4) is 23.1 Å². The molecule has 0 spiro atoms. The highest BCUT2D eigenvalue weighted by Gasteiger charge is 2.19. The third-order valence-electron chi connectivity index (χ3n) is 4.74. The zero-order chi connectivity index (χ0) is 23.6. The third kappa shape index (κ3) is 5.04. The van der Waals surface area contributed by atoms with E-state index < -0.39 is 15.8 Å². The van der Waals surface area contributed by atoms with Gasteiger partial charge in [-0.2, -0.15) is 4.98 Å². The summed E-state index contributed by atoms with van der Waals surface area (Å²) >= 11 is 0. The lowest BCUT2D eigenvalue weighted by atomic mass is 10.2. The Morgan fingerprint density at radius 3 is 2.27 bits per heavy atom. The van der Waals surface area contributed by atoms with E-state index in [-0.39, 0.29) is 28.4 Å². The Morgan fingerprint density at radius 1 is 0.970 bits per heavy atom. The van der Waals surface area contributed by atoms with Crippen LogP contribution in [0.3, 0.4) is 0 Å². The largest absolute Gasteiger partial charge is 0.460 e. The molecule has 170 valence electrons. The Hall–Kier alpha value is -3.72. The molecule has 0 atom stereocenters. The summed E-state index contributed by atoms with van der Waals surface area (Å²) in [7, 11) is -3.73. The molecule has 0 aliphatic carbocycles. The summed E-state index contributed by atoms with van der Waals surface area (Å²) in [4.78, 5) is 4.54. The minimum absolute atomic E-state index is 0.118. The predicted octanol–water partition coefficient (Wildman–Crippen LogP) is 4.97. The summed E-state index contributed by atoms with van der Waals surface area (Å²) in [5.41, 5.74) is 2.19. The SMILES string of the molecule is Cc1ccc(S(=O)(=O)Nc2ccc(-n3nc(OC(C)C)nc3-c3ccccc3F)cc2)cc1. The number of hydrogen-bond donors (Lipinski definition) is 1. The molecule has 9 heteroatoms. The average molecular weight is 467 g/mol. The van der Waals surface area contributed by atoms with E-state index in [2.05, 4.69) is 14.8 Å². The molecule has 0 fully saturated rings. The van der Waals surface area contributed by atoms with Gasteiger partial charge in [-0.05, 0) is 69.3 Å². The monoisotopic (exact) mass is 466 g/mol. The molecule has 0 bridgehead atoms. The predicted molar refractivity (Wildman–Crippen MR) is 125 cm³/mol. The van der Waals surface area contributed by atoms with Gasteiger partial charge in [-0.25, -0.2) is 17.5 Å². The number of hydrogen-bond acceptors (Lipinski definition) is 5. The molecule has 3 aromatic carbocycles. The first-order valence-corrected chi connectivity index (χ1v) is 11.8. The highest BCUT2D eigenvalue weighted by Crippen LogP contribution is 2.27. The Bertz CT molecular complexity index is 1370. The maximum atomic E-state index is 14.5. The molecule has 7 nitrogen and oxygen atoms in total. The molecule has 1 heterocycles. The number of halogens is 1. The van der Waals surface area contributed by atoms with Crippen LogP contribution in [0.4, 0.5) is 10.1 Å². The molecule has 0 radical (unpaired) electrons. The maximum Gasteiger partial charge on any atom is 0.336 e. The van der Waals surface area contributed by atoms with Crippen molar-refractivity contribution < 1.29 is 17.5 Å². The number of nitrogens with one attached hydrogen (secondary N) is 1. The zero-order valence-corrected chi connectivity index (χ0v) is 19.2. The molecule has 0 aliphatic heterocycles. The molecule has 0 unspecified atom stereocenters. The first-order chi connectivity index (χ1) is 15.7. The second kappa shape index (κ2) is 9.03. The van der Waals surface area contributed by atoms with Crippen molar-refractivity contribution in [1.29, 1.82) is 0 Å². The van der Waals surface area contributed by atoms with Gasteiger partial charge in [-0.3, -0.25) is 4.72 Å². The molecular formula is C24H23FN4O3S. The van der Waals surface area contributed by atoms with Gasteiger partial charge in [0.05, 0.1) is 22.3 Å². The second-order valence-electron chi connectivity index (χ2n) is 7.74. The fourth-order valence-electron chi connectivity index (χ4n) is 3.15. The van der Waals surface area contributed by atoms with Gasteiger partial charge in [-0.1, -0.05) is 29.8 Å². The Morgan fingerprint density at radius 2 is 1.64 bits per heavy atom. The summed E-state index contributed by atoms with van der Waals surface area (Å²) in [5.74, 6) is -0.165. The quantitative estimate of drug-likeness (QED) is 0.416. The maximum absolute atomic E-state index is 14.5. The lowest BCUT2D eigenvalue weighted by Crippen LogP contribution is -2.13. The summed E-state index contributed by atoms with van der Waals surface area (Å²) in [5, 5.41) is 4.38. The highest BCUT2D eigenvalue weighted by molar-refractivity contribution is 7.92. The van der Waals surface area contributed by atoms with Crippen LogP contribution >= 0.6 is 0 Å². The Labute approximate surface area is 191 Å². The van der Waals surface area contributed by atoms with Crippen LogP contribution in [-0.2, 0) is 10.0 Å². The second-order valence-corrected chi connectivity index (χ2v) is 9.42. The molecule has 1 N–H and O–H groups in total. The van der Waals surface area contributed by atoms with Gasteiger partial charge in [0, 0.05) is 5.69 Å². The van der Waals surface area contributed by atoms with Crippen LogP contribution in [0.5, 0.6) is 6.01 Å². The minimum Gasteiger partial charge on any atom is -0.460 e. The van der Waals surface area contributed by atoms with Gasteiger partial charge in [-0.15, -0.1) is 5.10 Å². The van der Waals surface area contributed by atoms with Crippen molar-refractivity contribution in [2.24, 2.45) is 0 Å². The number of anilines is 1. The Balaban J connectivity index is 1.66. The zero-order valence-electron chi connectivity index (χ0n) is 18.4. The smallest absolute Gasteiger partial charge is 0.336 e. The van der Waals surface area contributed by atoms with E-state index in [0.29, 0.717) is 11.4 Å². The number of aromatic nitrogens is 3. The van der Waals surface area contributed by atoms with E-state index in [9.17, 15) is 12.8 Å². The van der Waals surface area contributed by atoms with Crippen LogP contribution in [0.1, 0.15) is 19.4 Å². The number of benzene rings is 3. The third-order valence-corrected chi connectivity index (χ3v) is 6.14. The van der Waals surface area contributed by atoms with Gasteiger partial charge >= 0.3 is 6.01 Å². The van der Waals surface area contributed by atoms with Gasteiger partial charge < -0.3 is 4.74 Å².